The lowest BCUT2D eigenvalue weighted by Crippen LogP contribution is -2.22. The summed E-state index contributed by atoms with van der Waals surface area (Å²) >= 11 is 0. The summed E-state index contributed by atoms with van der Waals surface area (Å²) < 4.78 is 0.750. The first-order chi connectivity index (χ1) is 26.9. The third-order valence-electron chi connectivity index (χ3n) is 3.37. The molecule has 0 fully saturated rings. The highest BCUT2D eigenvalue weighted by Crippen LogP contribution is 2.20. The van der Waals surface area contributed by atoms with Gasteiger partial charge in [-0.3, -0.25) is 4.98 Å². The standard InChI is InChI=1S/C10H14.C5H5NO.C5H5N.3C5H12.C4H4N2.4C4H10.5CH4/c1-10(2,3)9-7-5-4-6-8-9;7-6-4-2-1-3-5-6;1-2-4-6-5-3-1;3*1-5(2,3)4;1-2-5-4-6-3-1;4*1-4(2)3;;;;;/h4-8H,1-3H3;1-5H;1-5H;3*1-4H3;1-4H;4*4H,1-3H3;5*1H4. The molecule has 0 bridgehead atoms. The summed E-state index contributed by atoms with van der Waals surface area (Å²) in [5.74, 6) is 3.33. The van der Waals surface area contributed by atoms with Crippen LogP contribution in [0.25, 0.3) is 0 Å². The van der Waals surface area contributed by atoms with E-state index in [-0.39, 0.29) is 37.1 Å². The Morgan fingerprint density at radius 1 is 0.354 bits per heavy atom. The van der Waals surface area contributed by atoms with Crippen LogP contribution in [0, 0.1) is 45.1 Å². The Balaban J connectivity index is -0.0000000478. The minimum absolute atomic E-state index is 0. The first-order valence-electron chi connectivity index (χ1n) is 22.2. The van der Waals surface area contributed by atoms with Crippen molar-refractivity contribution in [2.45, 2.75) is 229 Å². The smallest absolute Gasteiger partial charge is 0.180 e. The summed E-state index contributed by atoms with van der Waals surface area (Å²) in [4.78, 5) is 11.1. The van der Waals surface area contributed by atoms with Gasteiger partial charge in [-0.15, -0.1) is 0 Å². The number of hydrogen-bond donors (Lipinski definition) is 0. The first kappa shape index (κ1) is 91.8. The lowest BCUT2D eigenvalue weighted by molar-refractivity contribution is -0.605. The molecule has 3 heterocycles. The average Bonchev–Trinajstić information content (AvgIpc) is 3.05. The van der Waals surface area contributed by atoms with E-state index < -0.39 is 0 Å². The van der Waals surface area contributed by atoms with Crippen LogP contribution in [0.4, 0.5) is 0 Å². The topological polar surface area (TPSA) is 65.6 Å². The largest absolute Gasteiger partial charge is 0.619 e. The Morgan fingerprint density at radius 2 is 0.569 bits per heavy atom. The van der Waals surface area contributed by atoms with Crippen molar-refractivity contribution in [2.75, 3.05) is 0 Å². The van der Waals surface area contributed by atoms with E-state index in [1.807, 2.05) is 18.2 Å². The second-order valence-corrected chi connectivity index (χ2v) is 22.7. The highest BCUT2D eigenvalue weighted by molar-refractivity contribution is 5.22. The fraction of sp³-hybridized carbons (Fsp3) is 0.667. The van der Waals surface area contributed by atoms with Gasteiger partial charge in [0.05, 0.1) is 0 Å². The van der Waals surface area contributed by atoms with Crippen LogP contribution in [0.1, 0.15) is 230 Å². The molecule has 390 valence electrons. The highest BCUT2D eigenvalue weighted by atomic mass is 16.5. The van der Waals surface area contributed by atoms with Crippen LogP contribution in [-0.4, -0.2) is 15.0 Å². The molecular weight excluding hydrogens is 793 g/mol. The Morgan fingerprint density at radius 3 is 0.677 bits per heavy atom. The van der Waals surface area contributed by atoms with Crippen molar-refractivity contribution < 1.29 is 4.73 Å². The van der Waals surface area contributed by atoms with Crippen molar-refractivity contribution in [1.29, 1.82) is 0 Å². The van der Waals surface area contributed by atoms with Crippen LogP contribution < -0.4 is 4.73 Å². The molecule has 0 aliphatic heterocycles. The molecule has 0 aliphatic rings. The van der Waals surface area contributed by atoms with Gasteiger partial charge in [0.25, 0.3) is 0 Å². The van der Waals surface area contributed by atoms with Gasteiger partial charge < -0.3 is 5.21 Å². The van der Waals surface area contributed by atoms with Crippen LogP contribution in [0.3, 0.4) is 0 Å². The molecule has 1 aromatic carbocycles. The molecule has 0 radical (unpaired) electrons. The van der Waals surface area contributed by atoms with Crippen LogP contribution >= 0.6 is 0 Å². The van der Waals surface area contributed by atoms with Crippen LogP contribution in [0.5, 0.6) is 0 Å². The second-order valence-electron chi connectivity index (χ2n) is 22.7. The van der Waals surface area contributed by atoms with Crippen LogP contribution in [0.15, 0.2) is 116 Å². The van der Waals surface area contributed by atoms with Gasteiger partial charge in [-0.25, -0.2) is 9.97 Å². The molecule has 3 aromatic heterocycles. The normalized spacial score (nSPS) is 9.15. The maximum Gasteiger partial charge on any atom is 0.180 e. The first-order valence-corrected chi connectivity index (χ1v) is 22.2. The van der Waals surface area contributed by atoms with E-state index >= 15 is 0 Å². The van der Waals surface area contributed by atoms with Gasteiger partial charge in [0.1, 0.15) is 6.33 Å². The van der Waals surface area contributed by atoms with Crippen molar-refractivity contribution in [2.24, 2.45) is 39.9 Å². The molecule has 4 aromatic rings. The molecule has 65 heavy (non-hydrogen) atoms. The fourth-order valence-corrected chi connectivity index (χ4v) is 1.89. The summed E-state index contributed by atoms with van der Waals surface area (Å²) in [6.07, 6.45) is 11.3. The van der Waals surface area contributed by atoms with Gasteiger partial charge in [-0.1, -0.05) is 267 Å². The molecule has 4 rings (SSSR count). The average molecular weight is 918 g/mol. The monoisotopic (exact) mass is 917 g/mol. The van der Waals surface area contributed by atoms with Gasteiger partial charge in [-0.05, 0) is 69.1 Å². The quantitative estimate of drug-likeness (QED) is 0.130. The zero-order valence-corrected chi connectivity index (χ0v) is 45.0. The molecule has 0 amide bonds. The van der Waals surface area contributed by atoms with E-state index in [0.717, 1.165) is 28.4 Å². The third kappa shape index (κ3) is 223. The van der Waals surface area contributed by atoms with E-state index in [2.05, 4.69) is 232 Å². The Labute approximate surface area is 414 Å². The molecule has 0 N–H and O–H groups in total. The number of nitrogens with zero attached hydrogens (tertiary/aromatic N) is 4. The van der Waals surface area contributed by atoms with E-state index in [9.17, 15) is 5.21 Å². The lowest BCUT2D eigenvalue weighted by atomic mass is 9.87. The Hall–Kier alpha value is -3.60. The predicted molar refractivity (Wildman–Crippen MR) is 308 cm³/mol. The molecule has 0 saturated heterocycles. The minimum atomic E-state index is 0. The maximum atomic E-state index is 10.2. The Kier molecular flexibility index (Phi) is 82.5. The van der Waals surface area contributed by atoms with Gasteiger partial charge in [0, 0.05) is 36.9 Å². The molecule has 0 unspecified atom stereocenters. The van der Waals surface area contributed by atoms with Gasteiger partial charge in [0.15, 0.2) is 12.4 Å². The Bertz CT molecular complexity index is 1120. The van der Waals surface area contributed by atoms with E-state index in [1.54, 1.807) is 49.1 Å². The maximum absolute atomic E-state index is 10.2. The number of hydrogen-bond acceptors (Lipinski definition) is 4. The van der Waals surface area contributed by atoms with Crippen molar-refractivity contribution >= 4 is 0 Å². The van der Waals surface area contributed by atoms with Gasteiger partial charge in [0.2, 0.25) is 0 Å². The summed E-state index contributed by atoms with van der Waals surface area (Å²) in [7, 11) is 0. The molecule has 0 saturated carbocycles. The van der Waals surface area contributed by atoms with Crippen molar-refractivity contribution in [1.82, 2.24) is 15.0 Å². The zero-order valence-electron chi connectivity index (χ0n) is 45.0. The summed E-state index contributed by atoms with van der Waals surface area (Å²) in [6.45, 7) is 58.9. The van der Waals surface area contributed by atoms with Gasteiger partial charge >= 0.3 is 0 Å². The van der Waals surface area contributed by atoms with E-state index in [0.29, 0.717) is 21.7 Å². The number of rotatable bonds is 0. The van der Waals surface area contributed by atoms with E-state index in [4.69, 9.17) is 0 Å². The summed E-state index contributed by atoms with van der Waals surface area (Å²) in [6, 6.07) is 23.2. The second kappa shape index (κ2) is 58.4. The zero-order chi connectivity index (χ0) is 49.0. The molecular formula is C60H124N4O. The number of benzene rings is 1. The molecule has 5 nitrogen and oxygen atoms in total. The SMILES string of the molecule is C.C.C.C.C.CC(C)(C)C.CC(C)(C)C.CC(C)(C)C.CC(C)(C)c1ccccc1.CC(C)C.CC(C)C.CC(C)C.CC(C)C.[O-][n+]1ccccc1.c1ccncc1.c1cncnc1. The van der Waals surface area contributed by atoms with Crippen LogP contribution in [-0.2, 0) is 5.41 Å². The fourth-order valence-electron chi connectivity index (χ4n) is 1.89. The number of pyridine rings is 2. The van der Waals surface area contributed by atoms with E-state index in [1.165, 1.54) is 24.3 Å². The van der Waals surface area contributed by atoms with Crippen LogP contribution in [0.2, 0.25) is 0 Å². The molecule has 5 heteroatoms. The van der Waals surface area contributed by atoms with Gasteiger partial charge in [-0.2, -0.15) is 4.73 Å². The lowest BCUT2D eigenvalue weighted by Gasteiger charge is -2.18. The van der Waals surface area contributed by atoms with Crippen molar-refractivity contribution in [3.05, 3.63) is 127 Å². The summed E-state index contributed by atoms with van der Waals surface area (Å²) in [5, 5.41) is 10.2. The van der Waals surface area contributed by atoms with Crippen molar-refractivity contribution in [3.63, 3.8) is 0 Å². The molecule has 0 atom stereocenters. The molecule has 0 spiro atoms. The highest BCUT2D eigenvalue weighted by Gasteiger charge is 2.11. The predicted octanol–water partition coefficient (Wildman–Crippen LogP) is 20.8. The van der Waals surface area contributed by atoms with Crippen molar-refractivity contribution in [3.8, 4) is 0 Å². The third-order valence-corrected chi connectivity index (χ3v) is 3.37. The molecule has 0 aliphatic carbocycles. The number of aromatic nitrogens is 4. The minimum Gasteiger partial charge on any atom is -0.619 e. The summed E-state index contributed by atoms with van der Waals surface area (Å²) in [5.41, 5.74) is 3.19.